The molecule has 1 aromatic heterocycles. The van der Waals surface area contributed by atoms with Gasteiger partial charge in [0.05, 0.1) is 0 Å². The average molecular weight is 170 g/mol. The van der Waals surface area contributed by atoms with E-state index in [1.165, 1.54) is 0 Å². The van der Waals surface area contributed by atoms with Crippen LogP contribution in [0.2, 0.25) is 0 Å². The van der Waals surface area contributed by atoms with Gasteiger partial charge in [-0.1, -0.05) is 12.1 Å². The summed E-state index contributed by atoms with van der Waals surface area (Å²) in [7, 11) is 0. The van der Waals surface area contributed by atoms with Gasteiger partial charge in [-0.15, -0.1) is 0 Å². The maximum Gasteiger partial charge on any atom is 0.124 e. The number of aromatic hydroxyl groups is 1. The second-order valence-electron chi connectivity index (χ2n) is 2.68. The van der Waals surface area contributed by atoms with E-state index in [9.17, 15) is 5.11 Å². The number of aromatic nitrogens is 1. The third kappa shape index (κ3) is 1.51. The van der Waals surface area contributed by atoms with Crippen LogP contribution in [0.15, 0.2) is 42.7 Å². The molecular formula is C11H8NO. The zero-order chi connectivity index (χ0) is 9.10. The van der Waals surface area contributed by atoms with E-state index in [2.05, 4.69) is 11.1 Å². The summed E-state index contributed by atoms with van der Waals surface area (Å²) in [6.45, 7) is 0. The number of phenols is 1. The van der Waals surface area contributed by atoms with Gasteiger partial charge < -0.3 is 5.11 Å². The molecule has 1 radical (unpaired) electrons. The van der Waals surface area contributed by atoms with Crippen LogP contribution < -0.4 is 0 Å². The fraction of sp³-hybridized carbons (Fsp3) is 0. The fourth-order valence-electron chi connectivity index (χ4n) is 1.19. The summed E-state index contributed by atoms with van der Waals surface area (Å²) < 4.78 is 0. The molecule has 2 heteroatoms. The molecule has 0 amide bonds. The first-order valence-electron chi connectivity index (χ1n) is 3.97. The third-order valence-electron chi connectivity index (χ3n) is 1.81. The van der Waals surface area contributed by atoms with Crippen LogP contribution in [-0.2, 0) is 0 Å². The molecule has 0 aliphatic heterocycles. The van der Waals surface area contributed by atoms with Crippen molar-refractivity contribution in [3.05, 3.63) is 48.8 Å². The maximum absolute atomic E-state index is 9.50. The second-order valence-corrected chi connectivity index (χ2v) is 2.68. The van der Waals surface area contributed by atoms with Gasteiger partial charge in [-0.05, 0) is 24.3 Å². The molecule has 0 unspecified atom stereocenters. The van der Waals surface area contributed by atoms with Crippen LogP contribution in [-0.4, -0.2) is 10.1 Å². The highest BCUT2D eigenvalue weighted by Gasteiger charge is 2.01. The largest absolute Gasteiger partial charge is 0.507 e. The first-order chi connectivity index (χ1) is 6.38. The smallest absolute Gasteiger partial charge is 0.124 e. The predicted molar refractivity (Wildman–Crippen MR) is 50.2 cm³/mol. The molecule has 0 aliphatic rings. The lowest BCUT2D eigenvalue weighted by Crippen LogP contribution is -1.79. The van der Waals surface area contributed by atoms with Crippen molar-refractivity contribution < 1.29 is 5.11 Å². The van der Waals surface area contributed by atoms with E-state index >= 15 is 0 Å². The van der Waals surface area contributed by atoms with Gasteiger partial charge in [0.15, 0.2) is 0 Å². The van der Waals surface area contributed by atoms with Crippen molar-refractivity contribution in [3.63, 3.8) is 0 Å². The van der Waals surface area contributed by atoms with Crippen LogP contribution in [0, 0.1) is 6.07 Å². The zero-order valence-corrected chi connectivity index (χ0v) is 6.94. The first kappa shape index (κ1) is 7.80. The SMILES string of the molecule is Oc1c[c]ccc1-c1cccnc1. The van der Waals surface area contributed by atoms with Crippen LogP contribution in [0.4, 0.5) is 0 Å². The van der Waals surface area contributed by atoms with Gasteiger partial charge in [0.1, 0.15) is 5.75 Å². The zero-order valence-electron chi connectivity index (χ0n) is 6.94. The lowest BCUT2D eigenvalue weighted by Gasteiger charge is -2.02. The van der Waals surface area contributed by atoms with Crippen LogP contribution in [0.3, 0.4) is 0 Å². The Morgan fingerprint density at radius 2 is 2.23 bits per heavy atom. The lowest BCUT2D eigenvalue weighted by atomic mass is 10.1. The Balaban J connectivity index is 2.54. The summed E-state index contributed by atoms with van der Waals surface area (Å²) >= 11 is 0. The van der Waals surface area contributed by atoms with Crippen molar-refractivity contribution in [2.45, 2.75) is 0 Å². The number of hydrogen-bond acceptors (Lipinski definition) is 2. The van der Waals surface area contributed by atoms with Crippen molar-refractivity contribution >= 4 is 0 Å². The first-order valence-corrected chi connectivity index (χ1v) is 3.97. The topological polar surface area (TPSA) is 33.1 Å². The van der Waals surface area contributed by atoms with E-state index in [1.807, 2.05) is 18.2 Å². The Labute approximate surface area is 76.5 Å². The van der Waals surface area contributed by atoms with E-state index < -0.39 is 0 Å². The molecule has 1 aromatic carbocycles. The summed E-state index contributed by atoms with van der Waals surface area (Å²) in [5, 5.41) is 9.50. The van der Waals surface area contributed by atoms with Gasteiger partial charge in [0.2, 0.25) is 0 Å². The van der Waals surface area contributed by atoms with Crippen molar-refractivity contribution in [2.75, 3.05) is 0 Å². The summed E-state index contributed by atoms with van der Waals surface area (Å²) in [4.78, 5) is 3.98. The van der Waals surface area contributed by atoms with E-state index in [0.29, 0.717) is 0 Å². The molecule has 13 heavy (non-hydrogen) atoms. The van der Waals surface area contributed by atoms with E-state index in [1.54, 1.807) is 24.5 Å². The molecule has 0 aliphatic carbocycles. The highest BCUT2D eigenvalue weighted by Crippen LogP contribution is 2.26. The second kappa shape index (κ2) is 3.27. The monoisotopic (exact) mass is 170 g/mol. The molecule has 0 saturated carbocycles. The Morgan fingerprint density at radius 1 is 1.31 bits per heavy atom. The molecule has 0 fully saturated rings. The van der Waals surface area contributed by atoms with Crippen LogP contribution in [0.5, 0.6) is 5.75 Å². The van der Waals surface area contributed by atoms with Gasteiger partial charge in [0, 0.05) is 23.5 Å². The number of hydrogen-bond donors (Lipinski definition) is 1. The molecule has 0 spiro atoms. The molecular weight excluding hydrogens is 162 g/mol. The number of nitrogens with zero attached hydrogens (tertiary/aromatic N) is 1. The van der Waals surface area contributed by atoms with Crippen LogP contribution >= 0.6 is 0 Å². The Bertz CT molecular complexity index is 398. The number of phenolic OH excluding ortho intramolecular Hbond substituents is 1. The molecule has 0 saturated heterocycles. The van der Waals surface area contributed by atoms with Crippen LogP contribution in [0.25, 0.3) is 11.1 Å². The minimum Gasteiger partial charge on any atom is -0.507 e. The van der Waals surface area contributed by atoms with Gasteiger partial charge in [-0.25, -0.2) is 0 Å². The molecule has 1 N–H and O–H groups in total. The standard InChI is InChI=1S/C11H8NO/c13-11-6-2-1-5-10(11)9-4-3-7-12-8-9/h1,3-8,13H. The number of pyridine rings is 1. The number of benzene rings is 1. The molecule has 0 atom stereocenters. The number of rotatable bonds is 1. The average Bonchev–Trinajstić information content (AvgIpc) is 2.20. The summed E-state index contributed by atoms with van der Waals surface area (Å²) in [5.74, 6) is 0.232. The third-order valence-corrected chi connectivity index (χ3v) is 1.81. The van der Waals surface area contributed by atoms with Crippen LogP contribution in [0.1, 0.15) is 0 Å². The van der Waals surface area contributed by atoms with Gasteiger partial charge >= 0.3 is 0 Å². The maximum atomic E-state index is 9.50. The van der Waals surface area contributed by atoms with Gasteiger partial charge in [-0.2, -0.15) is 0 Å². The molecule has 2 nitrogen and oxygen atoms in total. The van der Waals surface area contributed by atoms with Crippen molar-refractivity contribution in [3.8, 4) is 16.9 Å². The lowest BCUT2D eigenvalue weighted by molar-refractivity contribution is 0.477. The van der Waals surface area contributed by atoms with Gasteiger partial charge in [-0.3, -0.25) is 4.98 Å². The van der Waals surface area contributed by atoms with E-state index in [4.69, 9.17) is 0 Å². The minimum atomic E-state index is 0.232. The molecule has 63 valence electrons. The normalized spacial score (nSPS) is 9.85. The predicted octanol–water partition coefficient (Wildman–Crippen LogP) is 2.25. The Morgan fingerprint density at radius 3 is 2.92 bits per heavy atom. The summed E-state index contributed by atoms with van der Waals surface area (Å²) in [6.07, 6.45) is 3.42. The highest BCUT2D eigenvalue weighted by atomic mass is 16.3. The quantitative estimate of drug-likeness (QED) is 0.712. The molecule has 1 heterocycles. The molecule has 2 aromatic rings. The van der Waals surface area contributed by atoms with Crippen molar-refractivity contribution in [1.29, 1.82) is 0 Å². The Hall–Kier alpha value is -1.83. The Kier molecular flexibility index (Phi) is 1.96. The van der Waals surface area contributed by atoms with Crippen molar-refractivity contribution in [1.82, 2.24) is 4.98 Å². The van der Waals surface area contributed by atoms with E-state index in [0.717, 1.165) is 11.1 Å². The highest BCUT2D eigenvalue weighted by molar-refractivity contribution is 5.68. The minimum absolute atomic E-state index is 0.232. The molecule has 0 bridgehead atoms. The van der Waals surface area contributed by atoms with Gasteiger partial charge in [0.25, 0.3) is 0 Å². The summed E-state index contributed by atoms with van der Waals surface area (Å²) in [5.41, 5.74) is 1.70. The summed E-state index contributed by atoms with van der Waals surface area (Å²) in [6, 6.07) is 11.7. The van der Waals surface area contributed by atoms with Crippen molar-refractivity contribution in [2.24, 2.45) is 0 Å². The van der Waals surface area contributed by atoms with E-state index in [-0.39, 0.29) is 5.75 Å². The molecule has 2 rings (SSSR count). The fourth-order valence-corrected chi connectivity index (χ4v) is 1.19.